The number of aliphatic imine (C=N–C) groups is 1. The first-order valence-corrected chi connectivity index (χ1v) is 4.39. The number of hydrogen-bond donors (Lipinski definition) is 1. The van der Waals surface area contributed by atoms with Gasteiger partial charge < -0.3 is 5.32 Å². The van der Waals surface area contributed by atoms with Gasteiger partial charge in [-0.1, -0.05) is 15.9 Å². The molecule has 2 nitrogen and oxygen atoms in total. The minimum Gasteiger partial charge on any atom is -0.373 e. The van der Waals surface area contributed by atoms with E-state index in [1.165, 1.54) is 12.3 Å². The molecule has 10 heavy (non-hydrogen) atoms. The number of hydrogen-bond acceptors (Lipinski definition) is 2. The van der Waals surface area contributed by atoms with Gasteiger partial charge in [0.05, 0.1) is 5.84 Å². The van der Waals surface area contributed by atoms with Gasteiger partial charge in [-0.2, -0.15) is 0 Å². The Morgan fingerprint density at radius 2 is 2.40 bits per heavy atom. The molecular weight excluding hydrogens is 260 g/mol. The molecule has 1 aliphatic heterocycles. The summed E-state index contributed by atoms with van der Waals surface area (Å²) in [6.07, 6.45) is 2.37. The standard InChI is InChI=1S/C6H11BrN2.BrH/c7-3-5-9-6-2-1-4-8-6;/h1-5H2,(H,8,9);1H. The van der Waals surface area contributed by atoms with Gasteiger partial charge in [-0.3, -0.25) is 4.99 Å². The molecule has 0 spiro atoms. The highest BCUT2D eigenvalue weighted by Crippen LogP contribution is 2.00. The number of rotatable bonds is 2. The summed E-state index contributed by atoms with van der Waals surface area (Å²) in [6, 6.07) is 0. The molecule has 1 rings (SSSR count). The lowest BCUT2D eigenvalue weighted by atomic mass is 10.3. The lowest BCUT2D eigenvalue weighted by Gasteiger charge is -2.00. The van der Waals surface area contributed by atoms with Crippen LogP contribution in [0.4, 0.5) is 0 Å². The molecule has 0 aromatic carbocycles. The molecule has 0 unspecified atom stereocenters. The SMILES string of the molecule is Br.BrCCNC1=NCCC1. The van der Waals surface area contributed by atoms with Crippen molar-refractivity contribution >= 4 is 38.7 Å². The molecule has 1 N–H and O–H groups in total. The van der Waals surface area contributed by atoms with E-state index >= 15 is 0 Å². The Kier molecular flexibility index (Phi) is 6.43. The number of amidine groups is 1. The Bertz CT molecular complexity index is 114. The van der Waals surface area contributed by atoms with Crippen molar-refractivity contribution in [2.75, 3.05) is 18.4 Å². The van der Waals surface area contributed by atoms with Gasteiger partial charge in [0.1, 0.15) is 0 Å². The maximum Gasteiger partial charge on any atom is 0.0963 e. The monoisotopic (exact) mass is 270 g/mol. The molecule has 0 fully saturated rings. The Morgan fingerprint density at radius 1 is 1.60 bits per heavy atom. The zero-order valence-electron chi connectivity index (χ0n) is 5.77. The van der Waals surface area contributed by atoms with E-state index in [1.54, 1.807) is 0 Å². The summed E-state index contributed by atoms with van der Waals surface area (Å²) in [5, 5.41) is 4.24. The van der Waals surface area contributed by atoms with Crippen LogP contribution in [0.5, 0.6) is 0 Å². The molecule has 0 aliphatic carbocycles. The van der Waals surface area contributed by atoms with Crippen LogP contribution in [-0.4, -0.2) is 24.3 Å². The fraction of sp³-hybridized carbons (Fsp3) is 0.833. The van der Waals surface area contributed by atoms with Gasteiger partial charge in [0.2, 0.25) is 0 Å². The van der Waals surface area contributed by atoms with Gasteiger partial charge in [0, 0.05) is 24.8 Å². The van der Waals surface area contributed by atoms with Crippen molar-refractivity contribution in [2.45, 2.75) is 12.8 Å². The topological polar surface area (TPSA) is 24.4 Å². The fourth-order valence-electron chi connectivity index (χ4n) is 0.875. The summed E-state index contributed by atoms with van der Waals surface area (Å²) < 4.78 is 0. The molecule has 0 amide bonds. The minimum absolute atomic E-state index is 0. The van der Waals surface area contributed by atoms with E-state index in [-0.39, 0.29) is 17.0 Å². The highest BCUT2D eigenvalue weighted by molar-refractivity contribution is 9.09. The Morgan fingerprint density at radius 3 is 2.90 bits per heavy atom. The largest absolute Gasteiger partial charge is 0.373 e. The lowest BCUT2D eigenvalue weighted by molar-refractivity contribution is 0.927. The van der Waals surface area contributed by atoms with Gasteiger partial charge in [0.25, 0.3) is 0 Å². The third-order valence-electron chi connectivity index (χ3n) is 1.30. The van der Waals surface area contributed by atoms with Gasteiger partial charge in [0.15, 0.2) is 0 Å². The van der Waals surface area contributed by atoms with Crippen LogP contribution in [0.15, 0.2) is 4.99 Å². The van der Waals surface area contributed by atoms with Crippen LogP contribution in [0, 0.1) is 0 Å². The summed E-state index contributed by atoms with van der Waals surface area (Å²) in [6.45, 7) is 2.02. The van der Waals surface area contributed by atoms with Crippen LogP contribution < -0.4 is 5.32 Å². The van der Waals surface area contributed by atoms with Gasteiger partial charge in [-0.05, 0) is 6.42 Å². The molecule has 1 aliphatic rings. The van der Waals surface area contributed by atoms with Crippen molar-refractivity contribution in [1.29, 1.82) is 0 Å². The molecule has 60 valence electrons. The van der Waals surface area contributed by atoms with Crippen LogP contribution in [0.2, 0.25) is 0 Å². The Hall–Kier alpha value is 0.430. The number of nitrogens with zero attached hydrogens (tertiary/aromatic N) is 1. The molecule has 0 atom stereocenters. The maximum atomic E-state index is 4.26. The van der Waals surface area contributed by atoms with E-state index in [1.807, 2.05) is 0 Å². The first-order chi connectivity index (χ1) is 4.43. The number of alkyl halides is 1. The van der Waals surface area contributed by atoms with Crippen molar-refractivity contribution in [3.8, 4) is 0 Å². The van der Waals surface area contributed by atoms with Crippen molar-refractivity contribution in [3.05, 3.63) is 0 Å². The third kappa shape index (κ3) is 3.56. The summed E-state index contributed by atoms with van der Waals surface area (Å²) in [7, 11) is 0. The predicted molar refractivity (Wildman–Crippen MR) is 53.7 cm³/mol. The first-order valence-electron chi connectivity index (χ1n) is 3.26. The second-order valence-electron chi connectivity index (χ2n) is 2.05. The summed E-state index contributed by atoms with van der Waals surface area (Å²) in [5.74, 6) is 1.19. The molecule has 0 aromatic rings. The molecule has 0 aromatic heterocycles. The van der Waals surface area contributed by atoms with E-state index in [0.29, 0.717) is 0 Å². The predicted octanol–water partition coefficient (Wildman–Crippen LogP) is 1.74. The summed E-state index contributed by atoms with van der Waals surface area (Å²) in [5.41, 5.74) is 0. The lowest BCUT2D eigenvalue weighted by Crippen LogP contribution is -2.23. The number of nitrogens with one attached hydrogen (secondary N) is 1. The Balaban J connectivity index is 0.000000810. The van der Waals surface area contributed by atoms with E-state index in [9.17, 15) is 0 Å². The first kappa shape index (κ1) is 10.4. The fourth-order valence-corrected chi connectivity index (χ4v) is 1.07. The smallest absolute Gasteiger partial charge is 0.0963 e. The van der Waals surface area contributed by atoms with Crippen molar-refractivity contribution in [2.24, 2.45) is 4.99 Å². The Labute approximate surface area is 80.4 Å². The third-order valence-corrected chi connectivity index (χ3v) is 1.69. The highest BCUT2D eigenvalue weighted by atomic mass is 79.9. The number of halogens is 2. The summed E-state index contributed by atoms with van der Waals surface area (Å²) >= 11 is 3.34. The average molecular weight is 272 g/mol. The van der Waals surface area contributed by atoms with Gasteiger partial charge >= 0.3 is 0 Å². The van der Waals surface area contributed by atoms with E-state index in [4.69, 9.17) is 0 Å². The highest BCUT2D eigenvalue weighted by Gasteiger charge is 2.02. The molecule has 0 saturated heterocycles. The van der Waals surface area contributed by atoms with E-state index in [0.717, 1.165) is 24.8 Å². The average Bonchev–Trinajstić information content (AvgIpc) is 2.34. The van der Waals surface area contributed by atoms with Crippen LogP contribution in [-0.2, 0) is 0 Å². The van der Waals surface area contributed by atoms with E-state index in [2.05, 4.69) is 26.2 Å². The summed E-state index contributed by atoms with van der Waals surface area (Å²) in [4.78, 5) is 4.26. The molecule has 1 heterocycles. The molecule has 4 heteroatoms. The second kappa shape index (κ2) is 6.16. The van der Waals surface area contributed by atoms with Crippen molar-refractivity contribution < 1.29 is 0 Å². The van der Waals surface area contributed by atoms with Crippen LogP contribution in [0.3, 0.4) is 0 Å². The zero-order chi connectivity index (χ0) is 6.53. The molecule has 0 bridgehead atoms. The maximum absolute atomic E-state index is 4.26. The van der Waals surface area contributed by atoms with E-state index < -0.39 is 0 Å². The van der Waals surface area contributed by atoms with Crippen LogP contribution in [0.1, 0.15) is 12.8 Å². The van der Waals surface area contributed by atoms with Crippen molar-refractivity contribution in [3.63, 3.8) is 0 Å². The van der Waals surface area contributed by atoms with Gasteiger partial charge in [-0.25, -0.2) is 0 Å². The second-order valence-corrected chi connectivity index (χ2v) is 2.84. The molecule has 0 saturated carbocycles. The normalized spacial score (nSPS) is 15.9. The van der Waals surface area contributed by atoms with Crippen LogP contribution >= 0.6 is 32.9 Å². The minimum atomic E-state index is 0. The molecule has 0 radical (unpaired) electrons. The molecular formula is C6H12Br2N2. The van der Waals surface area contributed by atoms with Gasteiger partial charge in [-0.15, -0.1) is 17.0 Å². The van der Waals surface area contributed by atoms with Crippen LogP contribution in [0.25, 0.3) is 0 Å². The zero-order valence-corrected chi connectivity index (χ0v) is 9.07. The van der Waals surface area contributed by atoms with Crippen molar-refractivity contribution in [1.82, 2.24) is 5.32 Å². The quantitative estimate of drug-likeness (QED) is 0.761.